The van der Waals surface area contributed by atoms with Gasteiger partial charge in [0, 0.05) is 41.5 Å². The third kappa shape index (κ3) is 5.77. The van der Waals surface area contributed by atoms with E-state index >= 15 is 0 Å². The molecule has 4 aromatic carbocycles. The van der Waals surface area contributed by atoms with Crippen molar-refractivity contribution in [2.45, 2.75) is 49.4 Å². The fraction of sp³-hybridized carbons (Fsp3) is 0.208. The van der Waals surface area contributed by atoms with Gasteiger partial charge in [-0.15, -0.1) is 0 Å². The highest BCUT2D eigenvalue weighted by Crippen LogP contribution is 2.66. The molecule has 4 fully saturated rings. The quantitative estimate of drug-likeness (QED) is 0.165. The van der Waals surface area contributed by atoms with Crippen LogP contribution in [0.25, 0.3) is 56.4 Å². The van der Waals surface area contributed by atoms with Crippen molar-refractivity contribution in [3.8, 4) is 62.5 Å². The van der Waals surface area contributed by atoms with E-state index < -0.39 is 0 Å². The first-order chi connectivity index (χ1) is 26.5. The van der Waals surface area contributed by atoms with Gasteiger partial charge < -0.3 is 0 Å². The van der Waals surface area contributed by atoms with E-state index in [1.54, 1.807) is 24.8 Å². The Bertz CT molecular complexity index is 2420. The summed E-state index contributed by atoms with van der Waals surface area (Å²) in [5.41, 5.74) is 11.7. The Balaban J connectivity index is 0.912. The summed E-state index contributed by atoms with van der Waals surface area (Å²) in [6.07, 6.45) is 14.9. The van der Waals surface area contributed by atoms with E-state index in [2.05, 4.69) is 101 Å². The Kier molecular flexibility index (Phi) is 7.76. The van der Waals surface area contributed by atoms with Gasteiger partial charge in [-0.2, -0.15) is 5.26 Å². The van der Waals surface area contributed by atoms with Gasteiger partial charge in [0.15, 0.2) is 17.5 Å². The minimum Gasteiger partial charge on any atom is -0.265 e. The molecular formula is C48H38N6. The van der Waals surface area contributed by atoms with Crippen LogP contribution in [-0.4, -0.2) is 24.9 Å². The number of benzene rings is 4. The molecule has 0 N–H and O–H groups in total. The zero-order valence-corrected chi connectivity index (χ0v) is 29.9. The lowest BCUT2D eigenvalue weighted by Gasteiger charge is -2.63. The van der Waals surface area contributed by atoms with Gasteiger partial charge in [-0.25, -0.2) is 15.0 Å². The van der Waals surface area contributed by atoms with Crippen molar-refractivity contribution in [1.29, 1.82) is 5.26 Å². The van der Waals surface area contributed by atoms with Crippen LogP contribution in [-0.2, 0) is 10.8 Å². The lowest BCUT2D eigenvalue weighted by Crippen LogP contribution is -2.55. The minimum absolute atomic E-state index is 0.232. The third-order valence-electron chi connectivity index (χ3n) is 12.4. The molecule has 3 aromatic heterocycles. The molecule has 7 aromatic rings. The van der Waals surface area contributed by atoms with Gasteiger partial charge >= 0.3 is 0 Å². The van der Waals surface area contributed by atoms with Crippen LogP contribution in [0.15, 0.2) is 146 Å². The summed E-state index contributed by atoms with van der Waals surface area (Å²) in [5.74, 6) is 3.42. The maximum atomic E-state index is 9.21. The van der Waals surface area contributed by atoms with E-state index in [4.69, 9.17) is 15.0 Å². The summed E-state index contributed by atoms with van der Waals surface area (Å²) in [7, 11) is 0. The van der Waals surface area contributed by atoms with Gasteiger partial charge in [0.1, 0.15) is 0 Å². The van der Waals surface area contributed by atoms with E-state index in [0.29, 0.717) is 23.0 Å². The molecule has 0 radical (unpaired) electrons. The molecular weight excluding hydrogens is 661 g/mol. The molecule has 4 saturated carbocycles. The van der Waals surface area contributed by atoms with E-state index in [1.165, 1.54) is 66.3 Å². The Morgan fingerprint density at radius 1 is 0.426 bits per heavy atom. The molecule has 4 aliphatic carbocycles. The zero-order chi connectivity index (χ0) is 36.1. The first-order valence-corrected chi connectivity index (χ1v) is 18.9. The summed E-state index contributed by atoms with van der Waals surface area (Å²) in [4.78, 5) is 22.9. The van der Waals surface area contributed by atoms with Crippen LogP contribution in [0, 0.1) is 23.2 Å². The maximum Gasteiger partial charge on any atom is 0.164 e. The van der Waals surface area contributed by atoms with E-state index in [0.717, 1.165) is 34.1 Å². The fourth-order valence-corrected chi connectivity index (χ4v) is 10.3. The van der Waals surface area contributed by atoms with Crippen molar-refractivity contribution in [3.63, 3.8) is 0 Å². The van der Waals surface area contributed by atoms with Crippen molar-refractivity contribution < 1.29 is 0 Å². The Hall–Kier alpha value is -6.32. The molecule has 4 bridgehead atoms. The number of nitrogens with zero attached hydrogens (tertiary/aromatic N) is 6. The highest BCUT2D eigenvalue weighted by Gasteiger charge is 2.58. The Morgan fingerprint density at radius 3 is 1.15 bits per heavy atom. The zero-order valence-electron chi connectivity index (χ0n) is 29.9. The second kappa shape index (κ2) is 13.0. The molecule has 0 saturated heterocycles. The average Bonchev–Trinajstić information content (AvgIpc) is 3.24. The van der Waals surface area contributed by atoms with Crippen LogP contribution in [0.3, 0.4) is 0 Å². The van der Waals surface area contributed by atoms with Crippen LogP contribution in [0.2, 0.25) is 0 Å². The molecule has 6 heteroatoms. The van der Waals surface area contributed by atoms with Crippen molar-refractivity contribution in [3.05, 3.63) is 163 Å². The first-order valence-electron chi connectivity index (χ1n) is 18.9. The van der Waals surface area contributed by atoms with Crippen LogP contribution in [0.4, 0.5) is 0 Å². The average molecular weight is 699 g/mol. The Labute approximate surface area is 315 Å². The second-order valence-corrected chi connectivity index (χ2v) is 15.7. The number of pyridine rings is 2. The molecule has 2 atom stereocenters. The van der Waals surface area contributed by atoms with E-state index in [1.807, 2.05) is 36.4 Å². The molecule has 6 nitrogen and oxygen atoms in total. The van der Waals surface area contributed by atoms with Crippen molar-refractivity contribution in [2.24, 2.45) is 11.8 Å². The van der Waals surface area contributed by atoms with Gasteiger partial charge in [0.2, 0.25) is 0 Å². The lowest BCUT2D eigenvalue weighted by molar-refractivity contribution is -0.0281. The molecule has 0 spiro atoms. The molecule has 0 amide bonds. The highest BCUT2D eigenvalue weighted by molar-refractivity contribution is 5.71. The standard InChI is InChI=1S/C48H38N6/c49-30-32-1-3-35(4-2-32)37-9-13-42(14-10-37)47-26-33-25-34(27-47)29-48(28-33,31-47)43-15-11-38(12-16-43)36-5-7-39(8-6-36)44-52-45(40-17-21-50-22-18-40)54-46(53-44)41-19-23-51-24-20-41/h1-24,33-34H,25-29,31H2. The Morgan fingerprint density at radius 2 is 0.759 bits per heavy atom. The van der Waals surface area contributed by atoms with Crippen molar-refractivity contribution >= 4 is 0 Å². The first kappa shape index (κ1) is 32.3. The topological polar surface area (TPSA) is 88.2 Å². The number of rotatable bonds is 7. The smallest absolute Gasteiger partial charge is 0.164 e. The molecule has 0 aliphatic heterocycles. The van der Waals surface area contributed by atoms with Gasteiger partial charge in [-0.1, -0.05) is 84.9 Å². The fourth-order valence-electron chi connectivity index (χ4n) is 10.3. The van der Waals surface area contributed by atoms with E-state index in [9.17, 15) is 5.26 Å². The summed E-state index contributed by atoms with van der Waals surface area (Å²) in [5, 5.41) is 9.21. The lowest BCUT2D eigenvalue weighted by atomic mass is 9.41. The van der Waals surface area contributed by atoms with Crippen LogP contribution in [0.5, 0.6) is 0 Å². The van der Waals surface area contributed by atoms with Gasteiger partial charge in [0.05, 0.1) is 11.6 Å². The molecule has 3 heterocycles. The molecule has 2 unspecified atom stereocenters. The van der Waals surface area contributed by atoms with Gasteiger partial charge in [0.25, 0.3) is 0 Å². The van der Waals surface area contributed by atoms with Gasteiger partial charge in [-0.3, -0.25) is 9.97 Å². The number of aromatic nitrogens is 5. The van der Waals surface area contributed by atoms with Gasteiger partial charge in [-0.05, 0) is 131 Å². The maximum absolute atomic E-state index is 9.21. The number of nitriles is 1. The van der Waals surface area contributed by atoms with Crippen molar-refractivity contribution in [2.75, 3.05) is 0 Å². The van der Waals surface area contributed by atoms with Crippen LogP contribution in [0.1, 0.15) is 55.2 Å². The van der Waals surface area contributed by atoms with Crippen LogP contribution >= 0.6 is 0 Å². The predicted octanol–water partition coefficient (Wildman–Crippen LogP) is 10.7. The van der Waals surface area contributed by atoms with E-state index in [-0.39, 0.29) is 10.8 Å². The SMILES string of the molecule is N#Cc1ccc(-c2ccc(C34CC5CC(C3)CC(c3ccc(-c6ccc(-c7nc(-c8ccncc8)nc(-c8ccncc8)n7)cc6)cc3)(C5)C4)cc2)cc1. The molecule has 11 rings (SSSR count). The molecule has 54 heavy (non-hydrogen) atoms. The normalized spacial score (nSPS) is 22.5. The largest absolute Gasteiger partial charge is 0.265 e. The van der Waals surface area contributed by atoms with Crippen molar-refractivity contribution in [1.82, 2.24) is 24.9 Å². The molecule has 260 valence electrons. The van der Waals surface area contributed by atoms with Crippen LogP contribution < -0.4 is 0 Å². The summed E-state index contributed by atoms with van der Waals surface area (Å²) < 4.78 is 0. The summed E-state index contributed by atoms with van der Waals surface area (Å²) in [6.45, 7) is 0. The summed E-state index contributed by atoms with van der Waals surface area (Å²) >= 11 is 0. The second-order valence-electron chi connectivity index (χ2n) is 15.7. The third-order valence-corrected chi connectivity index (χ3v) is 12.4. The summed E-state index contributed by atoms with van der Waals surface area (Å²) in [6, 6.07) is 45.3. The molecule has 4 aliphatic rings. The number of hydrogen-bond acceptors (Lipinski definition) is 6. The highest BCUT2D eigenvalue weighted by atomic mass is 15.0. The monoisotopic (exact) mass is 698 g/mol. The minimum atomic E-state index is 0.232. The number of hydrogen-bond donors (Lipinski definition) is 0. The predicted molar refractivity (Wildman–Crippen MR) is 212 cm³/mol.